The Bertz CT molecular complexity index is 324. The van der Waals surface area contributed by atoms with Gasteiger partial charge in [-0.05, 0) is 6.92 Å². The molecule has 1 amide bonds. The number of nitrogens with zero attached hydrogens (tertiary/aromatic N) is 3. The Balaban J connectivity index is 2.75. The summed E-state index contributed by atoms with van der Waals surface area (Å²) < 4.78 is 0. The number of hydrogen-bond donors (Lipinski definition) is 3. The van der Waals surface area contributed by atoms with E-state index < -0.39 is 0 Å². The minimum atomic E-state index is -0.351. The molecule has 0 spiro atoms. The fraction of sp³-hybridized carbons (Fsp3) is 0.571. The molecule has 1 atom stereocenters. The maximum atomic E-state index is 11.6. The third-order valence-corrected chi connectivity index (χ3v) is 1.95. The summed E-state index contributed by atoms with van der Waals surface area (Å²) in [5, 5.41) is 14.8. The lowest BCUT2D eigenvalue weighted by Gasteiger charge is -2.21. The number of aliphatic hydroxyl groups is 1. The van der Waals surface area contributed by atoms with Gasteiger partial charge in [-0.2, -0.15) is 4.98 Å². The van der Waals surface area contributed by atoms with Gasteiger partial charge in [0.25, 0.3) is 5.91 Å². The molecule has 1 rings (SSSR count). The Morgan fingerprint density at radius 3 is 2.86 bits per heavy atom. The summed E-state index contributed by atoms with van der Waals surface area (Å²) >= 11 is 0. The van der Waals surface area contributed by atoms with Crippen LogP contribution < -0.4 is 5.73 Å². The number of rotatable bonds is 3. The zero-order valence-electron chi connectivity index (χ0n) is 8.06. The van der Waals surface area contributed by atoms with Crippen molar-refractivity contribution >= 4 is 11.9 Å². The molecule has 0 saturated heterocycles. The highest BCUT2D eigenvalue weighted by molar-refractivity contribution is 5.90. The van der Waals surface area contributed by atoms with Gasteiger partial charge in [-0.15, -0.1) is 5.10 Å². The molecule has 4 N–H and O–H groups in total. The van der Waals surface area contributed by atoms with Crippen molar-refractivity contribution < 1.29 is 9.90 Å². The smallest absolute Gasteiger partial charge is 0.291 e. The highest BCUT2D eigenvalue weighted by Gasteiger charge is 2.19. The van der Waals surface area contributed by atoms with Crippen LogP contribution in [0.2, 0.25) is 0 Å². The Morgan fingerprint density at radius 2 is 2.43 bits per heavy atom. The second kappa shape index (κ2) is 4.05. The van der Waals surface area contributed by atoms with E-state index in [2.05, 4.69) is 15.2 Å². The molecule has 0 radical (unpaired) electrons. The van der Waals surface area contributed by atoms with E-state index in [-0.39, 0.29) is 30.3 Å². The van der Waals surface area contributed by atoms with Gasteiger partial charge in [-0.3, -0.25) is 9.89 Å². The van der Waals surface area contributed by atoms with Crippen LogP contribution in [-0.2, 0) is 0 Å². The van der Waals surface area contributed by atoms with Crippen LogP contribution in [-0.4, -0.2) is 50.8 Å². The standard InChI is InChI=1S/C7H13N5O2/c1-4(3-13)12(2)6(14)5-9-7(8)11-10-5/h4,13H,3H2,1-2H3,(H3,8,9,10,11). The van der Waals surface area contributed by atoms with Crippen molar-refractivity contribution in [2.75, 3.05) is 19.4 Å². The Morgan fingerprint density at radius 1 is 1.79 bits per heavy atom. The molecule has 1 aromatic rings. The Hall–Kier alpha value is -1.63. The van der Waals surface area contributed by atoms with E-state index in [4.69, 9.17) is 10.8 Å². The number of nitrogen functional groups attached to an aromatic ring is 1. The number of carbonyl (C=O) groups is 1. The molecule has 14 heavy (non-hydrogen) atoms. The number of hydrogen-bond acceptors (Lipinski definition) is 5. The van der Waals surface area contributed by atoms with Crippen LogP contribution in [0.1, 0.15) is 17.5 Å². The molecule has 7 heteroatoms. The van der Waals surface area contributed by atoms with Gasteiger partial charge in [0, 0.05) is 7.05 Å². The molecule has 1 unspecified atom stereocenters. The first-order valence-corrected chi connectivity index (χ1v) is 4.12. The number of aromatic amines is 1. The molecule has 78 valence electrons. The van der Waals surface area contributed by atoms with Crippen molar-refractivity contribution in [2.45, 2.75) is 13.0 Å². The van der Waals surface area contributed by atoms with Gasteiger partial charge < -0.3 is 15.7 Å². The minimum Gasteiger partial charge on any atom is -0.394 e. The topological polar surface area (TPSA) is 108 Å². The van der Waals surface area contributed by atoms with Crippen molar-refractivity contribution in [1.82, 2.24) is 20.1 Å². The van der Waals surface area contributed by atoms with Gasteiger partial charge in [0.2, 0.25) is 11.8 Å². The van der Waals surface area contributed by atoms with Crippen molar-refractivity contribution in [3.8, 4) is 0 Å². The Labute approximate surface area is 80.9 Å². The molecule has 1 aromatic heterocycles. The summed E-state index contributed by atoms with van der Waals surface area (Å²) in [4.78, 5) is 16.6. The van der Waals surface area contributed by atoms with Gasteiger partial charge in [0.05, 0.1) is 12.6 Å². The number of anilines is 1. The first kappa shape index (κ1) is 10.5. The lowest BCUT2D eigenvalue weighted by atomic mass is 10.3. The van der Waals surface area contributed by atoms with Crippen molar-refractivity contribution in [3.63, 3.8) is 0 Å². The molecule has 0 aliphatic carbocycles. The maximum Gasteiger partial charge on any atom is 0.291 e. The first-order chi connectivity index (χ1) is 6.56. The molecule has 0 aliphatic rings. The van der Waals surface area contributed by atoms with Crippen LogP contribution in [0.5, 0.6) is 0 Å². The highest BCUT2D eigenvalue weighted by atomic mass is 16.3. The van der Waals surface area contributed by atoms with Crippen LogP contribution in [0.4, 0.5) is 5.95 Å². The van der Waals surface area contributed by atoms with E-state index in [0.29, 0.717) is 0 Å². The lowest BCUT2D eigenvalue weighted by Crippen LogP contribution is -2.37. The normalized spacial score (nSPS) is 12.5. The van der Waals surface area contributed by atoms with Crippen LogP contribution in [0, 0.1) is 0 Å². The summed E-state index contributed by atoms with van der Waals surface area (Å²) in [5.41, 5.74) is 5.25. The van der Waals surface area contributed by atoms with E-state index in [1.807, 2.05) is 0 Å². The summed E-state index contributed by atoms with van der Waals surface area (Å²) in [7, 11) is 1.57. The largest absolute Gasteiger partial charge is 0.394 e. The highest BCUT2D eigenvalue weighted by Crippen LogP contribution is 2.02. The maximum absolute atomic E-state index is 11.6. The molecule has 1 heterocycles. The number of amides is 1. The summed E-state index contributed by atoms with van der Waals surface area (Å²) in [5.74, 6) is -0.251. The van der Waals surface area contributed by atoms with E-state index in [1.54, 1.807) is 14.0 Å². The van der Waals surface area contributed by atoms with E-state index in [9.17, 15) is 4.79 Å². The predicted molar refractivity (Wildman–Crippen MR) is 49.4 cm³/mol. The summed E-state index contributed by atoms with van der Waals surface area (Å²) in [6.07, 6.45) is 0. The average Bonchev–Trinajstić information content (AvgIpc) is 2.61. The van der Waals surface area contributed by atoms with E-state index in [0.717, 1.165) is 0 Å². The van der Waals surface area contributed by atoms with Crippen LogP contribution in [0.3, 0.4) is 0 Å². The molecule has 0 aromatic carbocycles. The zero-order valence-corrected chi connectivity index (χ0v) is 8.06. The molecule has 0 saturated carbocycles. The SMILES string of the molecule is CC(CO)N(C)C(=O)c1nc(N)n[nH]1. The zero-order chi connectivity index (χ0) is 10.7. The fourth-order valence-corrected chi connectivity index (χ4v) is 0.860. The molecular weight excluding hydrogens is 186 g/mol. The molecular formula is C7H13N5O2. The monoisotopic (exact) mass is 199 g/mol. The molecule has 7 nitrogen and oxygen atoms in total. The number of carbonyl (C=O) groups excluding carboxylic acids is 1. The quantitative estimate of drug-likeness (QED) is 0.569. The molecule has 0 fully saturated rings. The second-order valence-electron chi connectivity index (χ2n) is 2.99. The summed E-state index contributed by atoms with van der Waals surface area (Å²) in [6.45, 7) is 1.61. The van der Waals surface area contributed by atoms with Gasteiger partial charge in [0.15, 0.2) is 0 Å². The number of aromatic nitrogens is 3. The average molecular weight is 199 g/mol. The van der Waals surface area contributed by atoms with Gasteiger partial charge in [-0.25, -0.2) is 0 Å². The number of likely N-dealkylation sites (N-methyl/N-ethyl adjacent to an activating group) is 1. The number of H-pyrrole nitrogens is 1. The van der Waals surface area contributed by atoms with Crippen molar-refractivity contribution in [3.05, 3.63) is 5.82 Å². The van der Waals surface area contributed by atoms with Crippen LogP contribution >= 0.6 is 0 Å². The number of nitrogens with one attached hydrogen (secondary N) is 1. The third-order valence-electron chi connectivity index (χ3n) is 1.95. The van der Waals surface area contributed by atoms with Gasteiger partial charge in [0.1, 0.15) is 0 Å². The fourth-order valence-electron chi connectivity index (χ4n) is 0.860. The first-order valence-electron chi connectivity index (χ1n) is 4.12. The predicted octanol–water partition coefficient (Wildman–Crippen LogP) is -1.16. The Kier molecular flexibility index (Phi) is 3.03. The number of aliphatic hydroxyl groups excluding tert-OH is 1. The van der Waals surface area contributed by atoms with E-state index >= 15 is 0 Å². The molecule has 0 aliphatic heterocycles. The second-order valence-corrected chi connectivity index (χ2v) is 2.99. The van der Waals surface area contributed by atoms with Crippen molar-refractivity contribution in [2.24, 2.45) is 0 Å². The van der Waals surface area contributed by atoms with Crippen molar-refractivity contribution in [1.29, 1.82) is 0 Å². The number of nitrogens with two attached hydrogens (primary N) is 1. The summed E-state index contributed by atoms with van der Waals surface area (Å²) in [6, 6.07) is -0.270. The minimum absolute atomic E-state index is 0.0263. The third kappa shape index (κ3) is 1.99. The van der Waals surface area contributed by atoms with Gasteiger partial charge in [-0.1, -0.05) is 0 Å². The van der Waals surface area contributed by atoms with Gasteiger partial charge >= 0.3 is 0 Å². The van der Waals surface area contributed by atoms with Crippen LogP contribution in [0.15, 0.2) is 0 Å². The molecule has 0 bridgehead atoms. The lowest BCUT2D eigenvalue weighted by molar-refractivity contribution is 0.0670. The van der Waals surface area contributed by atoms with Crippen LogP contribution in [0.25, 0.3) is 0 Å². The van der Waals surface area contributed by atoms with E-state index in [1.165, 1.54) is 4.90 Å².